The van der Waals surface area contributed by atoms with E-state index < -0.39 is 28.3 Å². The van der Waals surface area contributed by atoms with Crippen molar-refractivity contribution in [2.45, 2.75) is 23.3 Å². The summed E-state index contributed by atoms with van der Waals surface area (Å²) in [7, 11) is -3.81. The van der Waals surface area contributed by atoms with Crippen LogP contribution in [0, 0.1) is 11.3 Å². The van der Waals surface area contributed by atoms with E-state index in [1.165, 1.54) is 24.5 Å². The quantitative estimate of drug-likeness (QED) is 0.896. The van der Waals surface area contributed by atoms with Crippen LogP contribution < -0.4 is 4.74 Å². The van der Waals surface area contributed by atoms with Crippen LogP contribution in [0.5, 0.6) is 11.5 Å². The summed E-state index contributed by atoms with van der Waals surface area (Å²) in [5, 5.41) is 18.8. The molecule has 0 fully saturated rings. The highest BCUT2D eigenvalue weighted by atomic mass is 32.2. The Morgan fingerprint density at radius 1 is 1.28 bits per heavy atom. The van der Waals surface area contributed by atoms with Gasteiger partial charge in [0.15, 0.2) is 22.2 Å². The Kier molecular flexibility index (Phi) is 4.18. The van der Waals surface area contributed by atoms with Gasteiger partial charge in [-0.2, -0.15) is 5.26 Å². The molecule has 6 nitrogen and oxygen atoms in total. The molecule has 1 aromatic carbocycles. The van der Waals surface area contributed by atoms with Gasteiger partial charge in [0.1, 0.15) is 23.7 Å². The number of sulfone groups is 1. The highest BCUT2D eigenvalue weighted by Crippen LogP contribution is 2.50. The summed E-state index contributed by atoms with van der Waals surface area (Å²) in [6, 6.07) is 5.51. The van der Waals surface area contributed by atoms with Crippen molar-refractivity contribution < 1.29 is 27.0 Å². The molecule has 1 aliphatic carbocycles. The molecule has 1 aliphatic rings. The van der Waals surface area contributed by atoms with Crippen molar-refractivity contribution in [2.75, 3.05) is 6.26 Å². The van der Waals surface area contributed by atoms with Crippen LogP contribution >= 0.6 is 0 Å². The molecule has 130 valence electrons. The number of aliphatic hydroxyl groups excluding tert-OH is 1. The lowest BCUT2D eigenvalue weighted by atomic mass is 10.1. The topological polar surface area (TPSA) is 100 Å². The van der Waals surface area contributed by atoms with E-state index in [4.69, 9.17) is 10.00 Å². The normalized spacial score (nSPS) is 22.3. The molecule has 3 rings (SSSR count). The van der Waals surface area contributed by atoms with E-state index in [9.17, 15) is 22.3 Å². The molecule has 0 aliphatic heterocycles. The number of halogens is 2. The molecule has 3 unspecified atom stereocenters. The average Bonchev–Trinajstić information content (AvgIpc) is 2.79. The molecule has 25 heavy (non-hydrogen) atoms. The molecule has 2 aromatic rings. The van der Waals surface area contributed by atoms with Crippen molar-refractivity contribution in [3.8, 4) is 17.6 Å². The van der Waals surface area contributed by atoms with Gasteiger partial charge in [-0.15, -0.1) is 0 Å². The van der Waals surface area contributed by atoms with Crippen molar-refractivity contribution in [1.29, 1.82) is 5.26 Å². The smallest absolute Gasteiger partial charge is 0.175 e. The summed E-state index contributed by atoms with van der Waals surface area (Å²) in [4.78, 5) is 3.44. The number of alkyl halides is 2. The van der Waals surface area contributed by atoms with Gasteiger partial charge in [0, 0.05) is 29.6 Å². The zero-order chi connectivity index (χ0) is 18.4. The van der Waals surface area contributed by atoms with Crippen LogP contribution in [0.25, 0.3) is 0 Å². The minimum absolute atomic E-state index is 0.0948. The molecule has 0 bridgehead atoms. The van der Waals surface area contributed by atoms with Gasteiger partial charge in [0.2, 0.25) is 0 Å². The first-order valence-electron chi connectivity index (χ1n) is 7.10. The van der Waals surface area contributed by atoms with Crippen LogP contribution in [-0.4, -0.2) is 30.9 Å². The van der Waals surface area contributed by atoms with E-state index in [0.29, 0.717) is 0 Å². The average molecular weight is 366 g/mol. The number of ether oxygens (including phenoxy) is 1. The lowest BCUT2D eigenvalue weighted by Crippen LogP contribution is -2.11. The van der Waals surface area contributed by atoms with Crippen molar-refractivity contribution in [3.05, 3.63) is 47.3 Å². The second-order valence-electron chi connectivity index (χ2n) is 5.58. The fraction of sp³-hybridized carbons (Fsp3) is 0.250. The van der Waals surface area contributed by atoms with E-state index in [-0.39, 0.29) is 33.1 Å². The summed E-state index contributed by atoms with van der Waals surface area (Å²) < 4.78 is 57.5. The molecule has 0 amide bonds. The Morgan fingerprint density at radius 2 is 2.00 bits per heavy atom. The van der Waals surface area contributed by atoms with Gasteiger partial charge in [-0.1, -0.05) is 0 Å². The Balaban J connectivity index is 2.16. The van der Waals surface area contributed by atoms with Gasteiger partial charge < -0.3 is 9.84 Å². The molecule has 9 heteroatoms. The molecule has 3 atom stereocenters. The molecule has 0 spiro atoms. The van der Waals surface area contributed by atoms with Crippen LogP contribution in [0.3, 0.4) is 0 Å². The van der Waals surface area contributed by atoms with E-state index >= 15 is 0 Å². The van der Waals surface area contributed by atoms with Crippen LogP contribution in [0.15, 0.2) is 35.5 Å². The monoisotopic (exact) mass is 366 g/mol. The van der Waals surface area contributed by atoms with E-state index in [1.807, 2.05) is 6.07 Å². The molecule has 1 heterocycles. The van der Waals surface area contributed by atoms with E-state index in [0.717, 1.165) is 12.3 Å². The van der Waals surface area contributed by atoms with Gasteiger partial charge in [-0.3, -0.25) is 4.98 Å². The van der Waals surface area contributed by atoms with Crippen molar-refractivity contribution in [2.24, 2.45) is 0 Å². The molecular formula is C16H12F2N2O4S. The van der Waals surface area contributed by atoms with Crippen LogP contribution in [0.4, 0.5) is 8.78 Å². The third kappa shape index (κ3) is 2.94. The minimum atomic E-state index is -3.81. The lowest BCUT2D eigenvalue weighted by molar-refractivity contribution is 0.0454. The highest BCUT2D eigenvalue weighted by molar-refractivity contribution is 7.90. The van der Waals surface area contributed by atoms with Crippen LogP contribution in [0.2, 0.25) is 0 Å². The third-order valence-electron chi connectivity index (χ3n) is 3.83. The van der Waals surface area contributed by atoms with Crippen molar-refractivity contribution in [1.82, 2.24) is 4.98 Å². The number of hydrogen-bond donors (Lipinski definition) is 1. The van der Waals surface area contributed by atoms with Crippen molar-refractivity contribution in [3.63, 3.8) is 0 Å². The fourth-order valence-electron chi connectivity index (χ4n) is 2.74. The maximum absolute atomic E-state index is 14.4. The maximum Gasteiger partial charge on any atom is 0.175 e. The van der Waals surface area contributed by atoms with Crippen LogP contribution in [-0.2, 0) is 9.84 Å². The predicted octanol–water partition coefficient (Wildman–Crippen LogP) is 2.54. The standard InChI is InChI=1S/C16H12F2N2O4S/c1-25(22,23)11-3-2-10(12-13(11)16(21)15(18)14(12)17)24-9-4-8(5-19)6-20-7-9/h2-4,6-7,14-16,21H,1H3. The summed E-state index contributed by atoms with van der Waals surface area (Å²) in [6.07, 6.45) is -3.01. The first kappa shape index (κ1) is 17.3. The Morgan fingerprint density at radius 3 is 2.64 bits per heavy atom. The number of nitriles is 1. The Bertz CT molecular complexity index is 988. The number of hydrogen-bond acceptors (Lipinski definition) is 6. The highest BCUT2D eigenvalue weighted by Gasteiger charge is 2.45. The van der Waals surface area contributed by atoms with Gasteiger partial charge in [0.25, 0.3) is 0 Å². The zero-order valence-corrected chi connectivity index (χ0v) is 13.7. The number of fused-ring (bicyclic) bond motifs is 1. The number of aromatic nitrogens is 1. The summed E-state index contributed by atoms with van der Waals surface area (Å²) in [5.74, 6) is -0.0525. The number of benzene rings is 1. The second kappa shape index (κ2) is 6.06. The van der Waals surface area contributed by atoms with Gasteiger partial charge in [0.05, 0.1) is 16.7 Å². The van der Waals surface area contributed by atoms with Gasteiger partial charge in [-0.05, 0) is 12.1 Å². The van der Waals surface area contributed by atoms with Crippen LogP contribution in [0.1, 0.15) is 29.0 Å². The summed E-state index contributed by atoms with van der Waals surface area (Å²) >= 11 is 0. The number of nitrogens with zero attached hydrogens (tertiary/aromatic N) is 2. The molecule has 0 radical (unpaired) electrons. The molecule has 1 aromatic heterocycles. The summed E-state index contributed by atoms with van der Waals surface area (Å²) in [6.45, 7) is 0. The molecule has 0 saturated carbocycles. The predicted molar refractivity (Wildman–Crippen MR) is 82.3 cm³/mol. The lowest BCUT2D eigenvalue weighted by Gasteiger charge is -2.14. The van der Waals surface area contributed by atoms with E-state index in [1.54, 1.807) is 0 Å². The third-order valence-corrected chi connectivity index (χ3v) is 4.98. The Labute approximate surface area is 142 Å². The fourth-order valence-corrected chi connectivity index (χ4v) is 3.68. The number of pyridine rings is 1. The molecule has 1 N–H and O–H groups in total. The first-order chi connectivity index (χ1) is 11.7. The van der Waals surface area contributed by atoms with Crippen molar-refractivity contribution >= 4 is 9.84 Å². The Hall–Kier alpha value is -2.57. The van der Waals surface area contributed by atoms with Gasteiger partial charge >= 0.3 is 0 Å². The van der Waals surface area contributed by atoms with Gasteiger partial charge in [-0.25, -0.2) is 17.2 Å². The second-order valence-corrected chi connectivity index (χ2v) is 7.56. The largest absolute Gasteiger partial charge is 0.455 e. The molecule has 0 saturated heterocycles. The minimum Gasteiger partial charge on any atom is -0.455 e. The summed E-state index contributed by atoms with van der Waals surface area (Å²) in [5.41, 5.74) is -0.503. The SMILES string of the molecule is CS(=O)(=O)c1ccc(Oc2cncc(C#N)c2)c2c1C(O)C(F)C2F. The zero-order valence-electron chi connectivity index (χ0n) is 12.8. The first-order valence-corrected chi connectivity index (χ1v) is 8.99. The van der Waals surface area contributed by atoms with E-state index in [2.05, 4.69) is 4.98 Å². The molecular weight excluding hydrogens is 354 g/mol. The number of rotatable bonds is 3. The maximum atomic E-state index is 14.4. The number of aliphatic hydroxyl groups is 1.